The van der Waals surface area contributed by atoms with Crippen LogP contribution >= 0.6 is 0 Å². The Morgan fingerprint density at radius 3 is 2.67 bits per heavy atom. The van der Waals surface area contributed by atoms with Gasteiger partial charge in [-0.1, -0.05) is 12.2 Å². The number of ether oxygens (including phenoxy) is 1. The third-order valence-corrected chi connectivity index (χ3v) is 5.42. The number of nitrogens with zero attached hydrogens (tertiary/aromatic N) is 1. The van der Waals surface area contributed by atoms with E-state index >= 15 is 0 Å². The van der Waals surface area contributed by atoms with Crippen LogP contribution in [-0.4, -0.2) is 42.1 Å². The van der Waals surface area contributed by atoms with Crippen molar-refractivity contribution in [2.45, 2.75) is 31.8 Å². The molecule has 1 aromatic heterocycles. The third-order valence-electron chi connectivity index (χ3n) is 5.42. The number of likely N-dealkylation sites (tertiary alicyclic amines) is 1. The first-order valence-corrected chi connectivity index (χ1v) is 7.88. The van der Waals surface area contributed by atoms with E-state index in [9.17, 15) is 4.79 Å². The lowest BCUT2D eigenvalue weighted by atomic mass is 9.89. The molecule has 1 N–H and O–H groups in total. The highest BCUT2D eigenvalue weighted by Crippen LogP contribution is 2.45. The molecule has 21 heavy (non-hydrogen) atoms. The summed E-state index contributed by atoms with van der Waals surface area (Å²) in [5.41, 5.74) is 1.43. The number of piperidine rings is 1. The molecule has 4 nitrogen and oxygen atoms in total. The zero-order chi connectivity index (χ0) is 14.6. The molecule has 1 aliphatic heterocycles. The van der Waals surface area contributed by atoms with Crippen LogP contribution in [0.5, 0.6) is 0 Å². The Kier molecular flexibility index (Phi) is 2.96. The number of fused-ring (bicyclic) bond motifs is 2. The van der Waals surface area contributed by atoms with Crippen LogP contribution in [-0.2, 0) is 9.53 Å². The first-order valence-electron chi connectivity index (χ1n) is 7.88. The van der Waals surface area contributed by atoms with Crippen LogP contribution in [0, 0.1) is 11.8 Å². The lowest BCUT2D eigenvalue weighted by Crippen LogP contribution is -2.38. The maximum Gasteiger partial charge on any atom is 0.219 e. The summed E-state index contributed by atoms with van der Waals surface area (Å²) >= 11 is 0. The number of aromatic nitrogens is 1. The van der Waals surface area contributed by atoms with Crippen molar-refractivity contribution in [2.75, 3.05) is 20.2 Å². The summed E-state index contributed by atoms with van der Waals surface area (Å²) in [6, 6.07) is 0. The first kappa shape index (κ1) is 13.1. The molecule has 2 heterocycles. The van der Waals surface area contributed by atoms with E-state index in [1.165, 1.54) is 16.1 Å². The SMILES string of the molecule is COC1C2C=c3[nH]cc(C4CCN(C(C)=O)CC4)c3=CC21. The number of hydrogen-bond acceptors (Lipinski definition) is 2. The van der Waals surface area contributed by atoms with Gasteiger partial charge in [0.05, 0.1) is 6.10 Å². The fraction of sp³-hybridized carbons (Fsp3) is 0.588. The van der Waals surface area contributed by atoms with E-state index < -0.39 is 0 Å². The van der Waals surface area contributed by atoms with E-state index in [0.717, 1.165) is 25.9 Å². The fourth-order valence-corrected chi connectivity index (χ4v) is 4.07. The second kappa shape index (κ2) is 4.73. The van der Waals surface area contributed by atoms with Crippen LogP contribution in [0.25, 0.3) is 12.2 Å². The van der Waals surface area contributed by atoms with Gasteiger partial charge in [-0.2, -0.15) is 0 Å². The van der Waals surface area contributed by atoms with E-state index in [-0.39, 0.29) is 5.91 Å². The molecule has 2 aliphatic carbocycles. The molecule has 3 aliphatic rings. The van der Waals surface area contributed by atoms with Crippen molar-refractivity contribution >= 4 is 18.1 Å². The Morgan fingerprint density at radius 2 is 2.00 bits per heavy atom. The molecule has 4 rings (SSSR count). The van der Waals surface area contributed by atoms with E-state index in [1.807, 2.05) is 4.90 Å². The van der Waals surface area contributed by atoms with Gasteiger partial charge in [0.2, 0.25) is 5.91 Å². The van der Waals surface area contributed by atoms with E-state index in [0.29, 0.717) is 23.9 Å². The summed E-state index contributed by atoms with van der Waals surface area (Å²) in [6.07, 6.45) is 9.43. The number of rotatable bonds is 2. The minimum atomic E-state index is 0.202. The van der Waals surface area contributed by atoms with Gasteiger partial charge in [-0.15, -0.1) is 0 Å². The van der Waals surface area contributed by atoms with Crippen molar-refractivity contribution in [3.63, 3.8) is 0 Å². The highest BCUT2D eigenvalue weighted by Gasteiger charge is 2.49. The molecule has 4 heteroatoms. The van der Waals surface area contributed by atoms with Gasteiger partial charge >= 0.3 is 0 Å². The predicted octanol–water partition coefficient (Wildman–Crippen LogP) is 0.576. The average molecular weight is 286 g/mol. The Bertz CT molecular complexity index is 682. The largest absolute Gasteiger partial charge is 0.380 e. The van der Waals surface area contributed by atoms with Gasteiger partial charge in [0.25, 0.3) is 0 Å². The van der Waals surface area contributed by atoms with E-state index in [4.69, 9.17) is 4.74 Å². The smallest absolute Gasteiger partial charge is 0.219 e. The van der Waals surface area contributed by atoms with Crippen molar-refractivity contribution in [3.05, 3.63) is 22.3 Å². The van der Waals surface area contributed by atoms with E-state index in [2.05, 4.69) is 23.3 Å². The van der Waals surface area contributed by atoms with Crippen LogP contribution in [0.3, 0.4) is 0 Å². The van der Waals surface area contributed by atoms with E-state index in [1.54, 1.807) is 14.0 Å². The zero-order valence-electron chi connectivity index (χ0n) is 12.6. The molecule has 1 saturated heterocycles. The molecule has 1 saturated carbocycles. The number of methoxy groups -OCH3 is 1. The molecule has 0 bridgehead atoms. The van der Waals surface area contributed by atoms with Gasteiger partial charge in [-0.3, -0.25) is 4.79 Å². The molecule has 0 spiro atoms. The maximum atomic E-state index is 11.4. The van der Waals surface area contributed by atoms with Crippen molar-refractivity contribution in [2.24, 2.45) is 11.8 Å². The summed E-state index contributed by atoms with van der Waals surface area (Å²) < 4.78 is 5.51. The van der Waals surface area contributed by atoms with Crippen molar-refractivity contribution in [1.82, 2.24) is 9.88 Å². The number of amides is 1. The highest BCUT2D eigenvalue weighted by molar-refractivity contribution is 5.73. The second-order valence-electron chi connectivity index (χ2n) is 6.54. The topological polar surface area (TPSA) is 45.3 Å². The number of carbonyl (C=O) groups excluding carboxylic acids is 1. The minimum absolute atomic E-state index is 0.202. The highest BCUT2D eigenvalue weighted by atomic mass is 16.5. The Balaban J connectivity index is 1.59. The third kappa shape index (κ3) is 2.04. The van der Waals surface area contributed by atoms with Crippen LogP contribution < -0.4 is 10.6 Å². The maximum absolute atomic E-state index is 11.4. The molecular weight excluding hydrogens is 264 g/mol. The molecule has 112 valence electrons. The van der Waals surface area contributed by atoms with Crippen molar-refractivity contribution in [1.29, 1.82) is 0 Å². The summed E-state index contributed by atoms with van der Waals surface area (Å²) in [5, 5.41) is 2.65. The van der Waals surface area contributed by atoms with Crippen molar-refractivity contribution < 1.29 is 9.53 Å². The number of aromatic amines is 1. The van der Waals surface area contributed by atoms with Crippen LogP contribution in [0.2, 0.25) is 0 Å². The molecular formula is C17H22N2O2. The summed E-state index contributed by atoms with van der Waals surface area (Å²) in [4.78, 5) is 16.8. The van der Waals surface area contributed by atoms with Gasteiger partial charge in [-0.25, -0.2) is 0 Å². The molecule has 1 amide bonds. The summed E-state index contributed by atoms with van der Waals surface area (Å²) in [6.45, 7) is 3.44. The lowest BCUT2D eigenvalue weighted by Gasteiger charge is -2.31. The Labute approximate surface area is 124 Å². The summed E-state index contributed by atoms with van der Waals surface area (Å²) in [7, 11) is 1.80. The van der Waals surface area contributed by atoms with Crippen LogP contribution in [0.4, 0.5) is 0 Å². The average Bonchev–Trinajstić information content (AvgIpc) is 3.02. The standard InChI is InChI=1S/C17H22N2O2/c1-10(20)19-5-3-11(4-6-19)15-9-18-16-8-14-13(7-12(15)16)17(14)21-2/h7-9,11,13-14,17-18H,3-6H2,1-2H3. The Hall–Kier alpha value is -1.55. The molecule has 0 aromatic carbocycles. The monoisotopic (exact) mass is 286 g/mol. The van der Waals surface area contributed by atoms with Gasteiger partial charge in [0.15, 0.2) is 0 Å². The number of H-pyrrole nitrogens is 1. The quantitative estimate of drug-likeness (QED) is 0.864. The van der Waals surface area contributed by atoms with Crippen LogP contribution in [0.15, 0.2) is 6.20 Å². The van der Waals surface area contributed by atoms with Gasteiger partial charge in [-0.05, 0) is 29.5 Å². The molecule has 1 aromatic rings. The normalized spacial score (nSPS) is 31.0. The lowest BCUT2D eigenvalue weighted by molar-refractivity contribution is -0.129. The van der Waals surface area contributed by atoms with Crippen molar-refractivity contribution in [3.8, 4) is 0 Å². The molecule has 2 fully saturated rings. The van der Waals surface area contributed by atoms with Gasteiger partial charge in [0, 0.05) is 50.5 Å². The molecule has 0 radical (unpaired) electrons. The Morgan fingerprint density at radius 1 is 1.29 bits per heavy atom. The number of carbonyl (C=O) groups is 1. The number of nitrogens with one attached hydrogen (secondary N) is 1. The molecule has 3 atom stereocenters. The number of hydrogen-bond donors (Lipinski definition) is 1. The van der Waals surface area contributed by atoms with Gasteiger partial charge in [0.1, 0.15) is 0 Å². The zero-order valence-corrected chi connectivity index (χ0v) is 12.6. The van der Waals surface area contributed by atoms with Gasteiger partial charge < -0.3 is 14.6 Å². The predicted molar refractivity (Wildman–Crippen MR) is 81.0 cm³/mol. The second-order valence-corrected chi connectivity index (χ2v) is 6.54. The van der Waals surface area contributed by atoms with Crippen LogP contribution in [0.1, 0.15) is 31.2 Å². The molecule has 3 unspecified atom stereocenters. The summed E-state index contributed by atoms with van der Waals surface area (Å²) in [5.74, 6) is 1.90. The first-order chi connectivity index (χ1) is 10.2. The minimum Gasteiger partial charge on any atom is -0.380 e. The fourth-order valence-electron chi connectivity index (χ4n) is 4.07.